The Morgan fingerprint density at radius 3 is 2.61 bits per heavy atom. The molecule has 2 unspecified atom stereocenters. The van der Waals surface area contributed by atoms with Crippen LogP contribution in [0.3, 0.4) is 0 Å². The SMILES string of the molecule is CCCOC1CCCN(C(CC)(CN)CCC)C1. The van der Waals surface area contributed by atoms with E-state index in [1.165, 1.54) is 32.2 Å². The third-order valence-corrected chi connectivity index (χ3v) is 4.36. The molecule has 1 rings (SSSR count). The van der Waals surface area contributed by atoms with Crippen LogP contribution in [-0.4, -0.2) is 42.8 Å². The van der Waals surface area contributed by atoms with Crippen LogP contribution in [0.15, 0.2) is 0 Å². The first-order valence-corrected chi connectivity index (χ1v) is 7.79. The Morgan fingerprint density at radius 1 is 1.28 bits per heavy atom. The predicted molar refractivity (Wildman–Crippen MR) is 77.8 cm³/mol. The van der Waals surface area contributed by atoms with Crippen LogP contribution in [0.25, 0.3) is 0 Å². The minimum atomic E-state index is 0.211. The predicted octanol–water partition coefficient (Wildman–Crippen LogP) is 2.79. The Kier molecular flexibility index (Phi) is 7.20. The molecule has 0 bridgehead atoms. The lowest BCUT2D eigenvalue weighted by Crippen LogP contribution is -2.57. The first-order valence-electron chi connectivity index (χ1n) is 7.79. The maximum Gasteiger partial charge on any atom is 0.0702 e. The van der Waals surface area contributed by atoms with Crippen molar-refractivity contribution in [1.82, 2.24) is 4.90 Å². The summed E-state index contributed by atoms with van der Waals surface area (Å²) in [5.74, 6) is 0. The van der Waals surface area contributed by atoms with Crippen LogP contribution in [0, 0.1) is 0 Å². The Labute approximate surface area is 113 Å². The van der Waals surface area contributed by atoms with Crippen LogP contribution in [-0.2, 0) is 4.74 Å². The number of ether oxygens (including phenoxy) is 1. The van der Waals surface area contributed by atoms with Gasteiger partial charge in [-0.25, -0.2) is 0 Å². The molecular weight excluding hydrogens is 224 g/mol. The van der Waals surface area contributed by atoms with Crippen molar-refractivity contribution in [3.63, 3.8) is 0 Å². The van der Waals surface area contributed by atoms with Gasteiger partial charge >= 0.3 is 0 Å². The van der Waals surface area contributed by atoms with Crippen molar-refractivity contribution in [2.24, 2.45) is 5.73 Å². The molecule has 2 atom stereocenters. The summed E-state index contributed by atoms with van der Waals surface area (Å²) < 4.78 is 5.94. The molecule has 1 saturated heterocycles. The molecule has 0 spiro atoms. The average molecular weight is 256 g/mol. The molecule has 3 heteroatoms. The molecule has 2 N–H and O–H groups in total. The van der Waals surface area contributed by atoms with Crippen molar-refractivity contribution in [3.8, 4) is 0 Å². The quantitative estimate of drug-likeness (QED) is 0.726. The van der Waals surface area contributed by atoms with E-state index in [4.69, 9.17) is 10.5 Å². The maximum absolute atomic E-state index is 6.10. The molecule has 108 valence electrons. The summed E-state index contributed by atoms with van der Waals surface area (Å²) in [6.45, 7) is 10.6. The van der Waals surface area contributed by atoms with Crippen LogP contribution in [0.2, 0.25) is 0 Å². The summed E-state index contributed by atoms with van der Waals surface area (Å²) in [6.07, 6.45) is 7.57. The summed E-state index contributed by atoms with van der Waals surface area (Å²) in [4.78, 5) is 2.61. The number of hydrogen-bond donors (Lipinski definition) is 1. The molecular formula is C15H32N2O. The first kappa shape index (κ1) is 15.9. The van der Waals surface area contributed by atoms with Crippen LogP contribution >= 0.6 is 0 Å². The minimum Gasteiger partial charge on any atom is -0.377 e. The highest BCUT2D eigenvalue weighted by Crippen LogP contribution is 2.28. The lowest BCUT2D eigenvalue weighted by Gasteiger charge is -2.47. The van der Waals surface area contributed by atoms with Gasteiger partial charge in [-0.05, 0) is 38.6 Å². The number of rotatable bonds is 8. The van der Waals surface area contributed by atoms with E-state index in [2.05, 4.69) is 25.7 Å². The highest BCUT2D eigenvalue weighted by molar-refractivity contribution is 4.93. The summed E-state index contributed by atoms with van der Waals surface area (Å²) in [5, 5.41) is 0. The molecule has 1 aliphatic heterocycles. The van der Waals surface area contributed by atoms with E-state index in [0.717, 1.165) is 32.5 Å². The number of piperidine rings is 1. The fraction of sp³-hybridized carbons (Fsp3) is 1.00. The molecule has 0 aromatic carbocycles. The van der Waals surface area contributed by atoms with Crippen LogP contribution < -0.4 is 5.73 Å². The average Bonchev–Trinajstić information content (AvgIpc) is 2.43. The van der Waals surface area contributed by atoms with Gasteiger partial charge < -0.3 is 10.5 Å². The van der Waals surface area contributed by atoms with Gasteiger partial charge in [0.05, 0.1) is 6.10 Å². The van der Waals surface area contributed by atoms with Crippen LogP contribution in [0.1, 0.15) is 59.3 Å². The zero-order valence-electron chi connectivity index (χ0n) is 12.6. The van der Waals surface area contributed by atoms with Crippen molar-refractivity contribution >= 4 is 0 Å². The van der Waals surface area contributed by atoms with E-state index in [-0.39, 0.29) is 5.54 Å². The molecule has 3 nitrogen and oxygen atoms in total. The van der Waals surface area contributed by atoms with Crippen LogP contribution in [0.4, 0.5) is 0 Å². The Balaban J connectivity index is 2.61. The number of likely N-dealkylation sites (tertiary alicyclic amines) is 1. The summed E-state index contributed by atoms with van der Waals surface area (Å²) in [6, 6.07) is 0. The van der Waals surface area contributed by atoms with Gasteiger partial charge in [0.15, 0.2) is 0 Å². The summed E-state index contributed by atoms with van der Waals surface area (Å²) in [7, 11) is 0. The number of hydrogen-bond acceptors (Lipinski definition) is 3. The van der Waals surface area contributed by atoms with Gasteiger partial charge in [-0.2, -0.15) is 0 Å². The fourth-order valence-corrected chi connectivity index (χ4v) is 3.19. The highest BCUT2D eigenvalue weighted by atomic mass is 16.5. The third-order valence-electron chi connectivity index (χ3n) is 4.36. The molecule has 18 heavy (non-hydrogen) atoms. The van der Waals surface area contributed by atoms with E-state index in [1.807, 2.05) is 0 Å². The van der Waals surface area contributed by atoms with Gasteiger partial charge in [-0.3, -0.25) is 4.90 Å². The molecule has 0 aromatic rings. The molecule has 0 radical (unpaired) electrons. The highest BCUT2D eigenvalue weighted by Gasteiger charge is 2.36. The first-order chi connectivity index (χ1) is 8.72. The van der Waals surface area contributed by atoms with Crippen molar-refractivity contribution in [1.29, 1.82) is 0 Å². The van der Waals surface area contributed by atoms with Gasteiger partial charge in [0.25, 0.3) is 0 Å². The maximum atomic E-state index is 6.10. The Morgan fingerprint density at radius 2 is 2.06 bits per heavy atom. The summed E-state index contributed by atoms with van der Waals surface area (Å²) >= 11 is 0. The molecule has 0 saturated carbocycles. The van der Waals surface area contributed by atoms with E-state index in [9.17, 15) is 0 Å². The summed E-state index contributed by atoms with van der Waals surface area (Å²) in [5.41, 5.74) is 6.31. The van der Waals surface area contributed by atoms with Gasteiger partial charge in [0.1, 0.15) is 0 Å². The molecule has 1 heterocycles. The van der Waals surface area contributed by atoms with Crippen molar-refractivity contribution in [3.05, 3.63) is 0 Å². The molecule has 0 amide bonds. The van der Waals surface area contributed by atoms with Gasteiger partial charge in [0, 0.05) is 25.2 Å². The van der Waals surface area contributed by atoms with Crippen LogP contribution in [0.5, 0.6) is 0 Å². The lowest BCUT2D eigenvalue weighted by molar-refractivity contribution is -0.0401. The topological polar surface area (TPSA) is 38.5 Å². The second-order valence-electron chi connectivity index (χ2n) is 5.61. The van der Waals surface area contributed by atoms with Crippen molar-refractivity contribution < 1.29 is 4.74 Å². The Hall–Kier alpha value is -0.120. The van der Waals surface area contributed by atoms with E-state index < -0.39 is 0 Å². The van der Waals surface area contributed by atoms with E-state index >= 15 is 0 Å². The van der Waals surface area contributed by atoms with E-state index in [1.54, 1.807) is 0 Å². The molecule has 0 aromatic heterocycles. The van der Waals surface area contributed by atoms with Crippen molar-refractivity contribution in [2.75, 3.05) is 26.2 Å². The number of nitrogens with zero attached hydrogens (tertiary/aromatic N) is 1. The third kappa shape index (κ3) is 3.94. The van der Waals surface area contributed by atoms with Gasteiger partial charge in [-0.15, -0.1) is 0 Å². The smallest absolute Gasteiger partial charge is 0.0702 e. The number of nitrogens with two attached hydrogens (primary N) is 1. The zero-order chi connectivity index (χ0) is 13.4. The molecule has 1 fully saturated rings. The standard InChI is InChI=1S/C15H32N2O/c1-4-9-15(6-3,13-16)17-10-7-8-14(12-17)18-11-5-2/h14H,4-13,16H2,1-3H3. The monoisotopic (exact) mass is 256 g/mol. The van der Waals surface area contributed by atoms with Gasteiger partial charge in [0.2, 0.25) is 0 Å². The van der Waals surface area contributed by atoms with E-state index in [0.29, 0.717) is 6.10 Å². The second kappa shape index (κ2) is 8.13. The molecule has 0 aliphatic carbocycles. The lowest BCUT2D eigenvalue weighted by atomic mass is 9.86. The zero-order valence-corrected chi connectivity index (χ0v) is 12.6. The minimum absolute atomic E-state index is 0.211. The Bertz CT molecular complexity index is 217. The van der Waals surface area contributed by atoms with Crippen molar-refractivity contribution in [2.45, 2.75) is 70.9 Å². The largest absolute Gasteiger partial charge is 0.377 e. The second-order valence-corrected chi connectivity index (χ2v) is 5.61. The van der Waals surface area contributed by atoms with Gasteiger partial charge in [-0.1, -0.05) is 27.2 Å². The molecule has 1 aliphatic rings. The fourth-order valence-electron chi connectivity index (χ4n) is 3.19. The normalized spacial score (nSPS) is 25.0.